The first-order valence-corrected chi connectivity index (χ1v) is 9.38. The van der Waals surface area contributed by atoms with Crippen LogP contribution in [0.2, 0.25) is 0 Å². The zero-order valence-electron chi connectivity index (χ0n) is 13.4. The molecule has 1 aromatic carbocycles. The molecule has 0 aliphatic rings. The Balaban J connectivity index is 1.75. The molecule has 0 aliphatic heterocycles. The van der Waals surface area contributed by atoms with E-state index in [2.05, 4.69) is 10.3 Å². The van der Waals surface area contributed by atoms with Crippen LogP contribution in [0.1, 0.15) is 15.9 Å². The highest BCUT2D eigenvalue weighted by atomic mass is 32.2. The third kappa shape index (κ3) is 3.89. The number of pyridine rings is 1. The summed E-state index contributed by atoms with van der Waals surface area (Å²) in [6.07, 6.45) is 0. The van der Waals surface area contributed by atoms with Gasteiger partial charge in [0.2, 0.25) is 5.91 Å². The van der Waals surface area contributed by atoms with Crippen molar-refractivity contribution in [1.82, 2.24) is 10.3 Å². The number of benzene rings is 1. The summed E-state index contributed by atoms with van der Waals surface area (Å²) in [5.74, 6) is -1.09. The number of thiophene rings is 1. The molecule has 3 aromatic rings. The fourth-order valence-electron chi connectivity index (χ4n) is 2.36. The highest BCUT2D eigenvalue weighted by Crippen LogP contribution is 2.39. The van der Waals surface area contributed by atoms with Gasteiger partial charge in [-0.1, -0.05) is 30.3 Å². The lowest BCUT2D eigenvalue weighted by Crippen LogP contribution is -2.24. The van der Waals surface area contributed by atoms with Gasteiger partial charge < -0.3 is 21.1 Å². The topological polar surface area (TPSA) is 125 Å². The lowest BCUT2D eigenvalue weighted by molar-refractivity contribution is -0.118. The molecule has 0 radical (unpaired) electrons. The number of hydrogen-bond donors (Lipinski definition) is 4. The number of thioether (sulfide) groups is 1. The molecule has 0 fully saturated rings. The molecule has 3 rings (SSSR count). The van der Waals surface area contributed by atoms with Crippen LogP contribution in [-0.2, 0) is 11.3 Å². The number of rotatable bonds is 6. The fourth-order valence-corrected chi connectivity index (χ4v) is 4.65. The van der Waals surface area contributed by atoms with Crippen molar-refractivity contribution in [2.24, 2.45) is 5.73 Å². The van der Waals surface area contributed by atoms with E-state index in [0.717, 1.165) is 34.7 Å². The summed E-state index contributed by atoms with van der Waals surface area (Å²) in [7, 11) is 0. The molecule has 5 N–H and O–H groups in total. The molecule has 134 valence electrons. The monoisotopic (exact) mass is 389 g/mol. The number of H-pyrrole nitrogens is 1. The number of aromatic nitrogens is 1. The van der Waals surface area contributed by atoms with Crippen LogP contribution in [0.5, 0.6) is 5.75 Å². The molecule has 0 unspecified atom stereocenters. The number of amides is 2. The fraction of sp³-hybridized carbons (Fsp3) is 0.118. The minimum atomic E-state index is -0.732. The SMILES string of the molecule is NC(=O)c1c(SCC(=O)NCc2ccccc2)sc2c(O)cc(=O)[nH]c12. The summed E-state index contributed by atoms with van der Waals surface area (Å²) >= 11 is 2.24. The Kier molecular flexibility index (Phi) is 5.29. The minimum Gasteiger partial charge on any atom is -0.506 e. The third-order valence-corrected chi connectivity index (χ3v) is 6.02. The maximum Gasteiger partial charge on any atom is 0.252 e. The van der Waals surface area contributed by atoms with Crippen molar-refractivity contribution in [2.45, 2.75) is 10.8 Å². The molecule has 2 heterocycles. The first kappa shape index (κ1) is 18.0. The maximum absolute atomic E-state index is 12.1. The molecule has 0 saturated carbocycles. The van der Waals surface area contributed by atoms with Crippen molar-refractivity contribution in [3.8, 4) is 5.75 Å². The standard InChI is InChI=1S/C17H15N3O4S2/c18-16(24)13-14-15(10(21)6-11(22)20-14)26-17(13)25-8-12(23)19-7-9-4-2-1-3-5-9/h1-6H,7-8H2,(H2,18,24)(H,19,23)(H2,20,21,22). The van der Waals surface area contributed by atoms with Crippen molar-refractivity contribution >= 4 is 45.1 Å². The van der Waals surface area contributed by atoms with E-state index in [-0.39, 0.29) is 28.5 Å². The molecular formula is C17H15N3O4S2. The van der Waals surface area contributed by atoms with E-state index in [1.165, 1.54) is 0 Å². The van der Waals surface area contributed by atoms with Crippen LogP contribution in [0.25, 0.3) is 10.2 Å². The molecule has 0 bridgehead atoms. The number of aromatic amines is 1. The van der Waals surface area contributed by atoms with Gasteiger partial charge in [-0.05, 0) is 5.56 Å². The summed E-state index contributed by atoms with van der Waals surface area (Å²) in [6.45, 7) is 0.406. The number of hydrogen-bond acceptors (Lipinski definition) is 6. The van der Waals surface area contributed by atoms with Crippen LogP contribution in [0.3, 0.4) is 0 Å². The molecule has 26 heavy (non-hydrogen) atoms. The lowest BCUT2D eigenvalue weighted by atomic mass is 10.2. The number of carbonyl (C=O) groups is 2. The number of aromatic hydroxyl groups is 1. The van der Waals surface area contributed by atoms with Gasteiger partial charge in [0.15, 0.2) is 0 Å². The van der Waals surface area contributed by atoms with E-state index >= 15 is 0 Å². The highest BCUT2D eigenvalue weighted by molar-refractivity contribution is 8.02. The molecule has 0 atom stereocenters. The number of primary amides is 1. The minimum absolute atomic E-state index is 0.0743. The van der Waals surface area contributed by atoms with Crippen molar-refractivity contribution in [3.63, 3.8) is 0 Å². The Bertz CT molecular complexity index is 1030. The van der Waals surface area contributed by atoms with Gasteiger partial charge in [0.1, 0.15) is 5.75 Å². The van der Waals surface area contributed by atoms with Gasteiger partial charge in [-0.15, -0.1) is 23.1 Å². The van der Waals surface area contributed by atoms with E-state index < -0.39 is 11.5 Å². The average Bonchev–Trinajstić information content (AvgIpc) is 2.98. The zero-order chi connectivity index (χ0) is 18.7. The van der Waals surface area contributed by atoms with Crippen LogP contribution in [0, 0.1) is 0 Å². The van der Waals surface area contributed by atoms with E-state index in [0.29, 0.717) is 15.5 Å². The second-order valence-electron chi connectivity index (χ2n) is 5.40. The largest absolute Gasteiger partial charge is 0.506 e. The Labute approximate surface area is 156 Å². The number of carbonyl (C=O) groups excluding carboxylic acids is 2. The summed E-state index contributed by atoms with van der Waals surface area (Å²) in [6, 6.07) is 10.5. The Hall–Kier alpha value is -2.78. The van der Waals surface area contributed by atoms with Crippen LogP contribution >= 0.6 is 23.1 Å². The molecule has 0 saturated heterocycles. The van der Waals surface area contributed by atoms with Crippen molar-refractivity contribution in [1.29, 1.82) is 0 Å². The van der Waals surface area contributed by atoms with E-state index in [1.807, 2.05) is 30.3 Å². The molecule has 7 nitrogen and oxygen atoms in total. The van der Waals surface area contributed by atoms with Crippen LogP contribution in [0.15, 0.2) is 45.4 Å². The Morgan fingerprint density at radius 2 is 2.00 bits per heavy atom. The number of nitrogens with two attached hydrogens (primary N) is 1. The third-order valence-electron chi connectivity index (χ3n) is 3.54. The van der Waals surface area contributed by atoms with Crippen molar-refractivity contribution < 1.29 is 14.7 Å². The van der Waals surface area contributed by atoms with Gasteiger partial charge in [0.05, 0.1) is 25.7 Å². The Morgan fingerprint density at radius 1 is 1.27 bits per heavy atom. The Morgan fingerprint density at radius 3 is 2.69 bits per heavy atom. The van der Waals surface area contributed by atoms with Crippen LogP contribution < -0.4 is 16.6 Å². The summed E-state index contributed by atoms with van der Waals surface area (Å²) < 4.78 is 0.824. The molecule has 0 aliphatic carbocycles. The molecule has 9 heteroatoms. The number of fused-ring (bicyclic) bond motifs is 1. The van der Waals surface area contributed by atoms with Gasteiger partial charge in [0.25, 0.3) is 11.5 Å². The first-order chi connectivity index (χ1) is 12.5. The van der Waals surface area contributed by atoms with Crippen LogP contribution in [-0.4, -0.2) is 27.7 Å². The van der Waals surface area contributed by atoms with Gasteiger partial charge in [0, 0.05) is 12.6 Å². The first-order valence-electron chi connectivity index (χ1n) is 7.57. The molecule has 2 aromatic heterocycles. The second kappa shape index (κ2) is 7.63. The molecule has 0 spiro atoms. The van der Waals surface area contributed by atoms with Crippen molar-refractivity contribution in [2.75, 3.05) is 5.75 Å². The van der Waals surface area contributed by atoms with Crippen molar-refractivity contribution in [3.05, 3.63) is 57.9 Å². The quantitative estimate of drug-likeness (QED) is 0.479. The summed E-state index contributed by atoms with van der Waals surface area (Å²) in [4.78, 5) is 37.9. The molecule has 2 amide bonds. The van der Waals surface area contributed by atoms with Gasteiger partial charge in [-0.25, -0.2) is 0 Å². The summed E-state index contributed by atoms with van der Waals surface area (Å²) in [5, 5.41) is 12.7. The van der Waals surface area contributed by atoms with E-state index in [1.54, 1.807) is 0 Å². The van der Waals surface area contributed by atoms with Gasteiger partial charge in [-0.2, -0.15) is 0 Å². The normalized spacial score (nSPS) is 10.8. The zero-order valence-corrected chi connectivity index (χ0v) is 15.1. The average molecular weight is 389 g/mol. The predicted octanol–water partition coefficient (Wildman–Crippen LogP) is 1.80. The predicted molar refractivity (Wildman–Crippen MR) is 102 cm³/mol. The highest BCUT2D eigenvalue weighted by Gasteiger charge is 2.21. The maximum atomic E-state index is 12.1. The smallest absolute Gasteiger partial charge is 0.252 e. The molecular weight excluding hydrogens is 374 g/mol. The van der Waals surface area contributed by atoms with E-state index in [9.17, 15) is 19.5 Å². The van der Waals surface area contributed by atoms with Gasteiger partial charge >= 0.3 is 0 Å². The summed E-state index contributed by atoms with van der Waals surface area (Å²) in [5.41, 5.74) is 6.17. The second-order valence-corrected chi connectivity index (χ2v) is 7.67. The number of nitrogens with one attached hydrogen (secondary N) is 2. The van der Waals surface area contributed by atoms with E-state index in [4.69, 9.17) is 5.73 Å². The lowest BCUT2D eigenvalue weighted by Gasteiger charge is -2.05. The van der Waals surface area contributed by atoms with Gasteiger partial charge in [-0.3, -0.25) is 14.4 Å². The van der Waals surface area contributed by atoms with Crippen LogP contribution in [0.4, 0.5) is 0 Å².